The molecule has 2 fully saturated rings. The Morgan fingerprint density at radius 3 is 1.28 bits per heavy atom. The third kappa shape index (κ3) is 32.2. The number of ether oxygens (including phenoxy) is 12. The zero-order valence-electron chi connectivity index (χ0n) is 49.0. The molecule has 0 saturated carbocycles. The van der Waals surface area contributed by atoms with E-state index in [2.05, 4.69) is 46.5 Å². The number of hydrogen-bond acceptors (Lipinski definition) is 26. The van der Waals surface area contributed by atoms with Crippen molar-refractivity contribution in [1.29, 1.82) is 0 Å². The molecule has 0 unspecified atom stereocenters. The van der Waals surface area contributed by atoms with E-state index >= 15 is 0 Å². The van der Waals surface area contributed by atoms with Gasteiger partial charge in [-0.05, 0) is 31.5 Å². The first-order valence-corrected chi connectivity index (χ1v) is 28.9. The van der Waals surface area contributed by atoms with Crippen molar-refractivity contribution < 1.29 is 118 Å². The van der Waals surface area contributed by atoms with Gasteiger partial charge < -0.3 is 110 Å². The largest absolute Gasteiger partial charge is 0.433 e. The Kier molecular flexibility index (Phi) is 37.5. The third-order valence-corrected chi connectivity index (χ3v) is 12.8. The van der Waals surface area contributed by atoms with Gasteiger partial charge in [0, 0.05) is 44.7 Å². The van der Waals surface area contributed by atoms with Gasteiger partial charge in [0.15, 0.2) is 0 Å². The second-order valence-electron chi connectivity index (χ2n) is 19.8. The number of nitrogens with one attached hydrogen (secondary N) is 5. The lowest BCUT2D eigenvalue weighted by atomic mass is 9.98. The Morgan fingerprint density at radius 1 is 0.511 bits per heavy atom. The minimum atomic E-state index is -4.68. The topological polar surface area (TPSA) is 381 Å². The maximum atomic E-state index is 13.0. The van der Waals surface area contributed by atoms with Crippen molar-refractivity contribution in [2.45, 2.75) is 106 Å². The van der Waals surface area contributed by atoms with E-state index < -0.39 is 78.5 Å². The molecule has 4 heterocycles. The molecule has 11 N–H and O–H groups in total. The Labute approximate surface area is 505 Å². The van der Waals surface area contributed by atoms with Crippen LogP contribution in [0.25, 0.3) is 0 Å². The molecular formula is C53H86F6N10O19. The van der Waals surface area contributed by atoms with E-state index in [1.165, 1.54) is 0 Å². The molecule has 3 amide bonds. The fourth-order valence-electron chi connectivity index (χ4n) is 8.06. The van der Waals surface area contributed by atoms with Crippen LogP contribution in [0.3, 0.4) is 0 Å². The maximum absolute atomic E-state index is 13.0. The number of alkyl halides is 6. The summed E-state index contributed by atoms with van der Waals surface area (Å²) in [4.78, 5) is 51.6. The van der Waals surface area contributed by atoms with E-state index in [9.17, 15) is 61.2 Å². The van der Waals surface area contributed by atoms with E-state index in [1.54, 1.807) is 0 Å². The Morgan fingerprint density at radius 2 is 0.898 bits per heavy atom. The predicted molar refractivity (Wildman–Crippen MR) is 295 cm³/mol. The summed E-state index contributed by atoms with van der Waals surface area (Å²) in [6.45, 7) is 4.29. The molecule has 0 aromatic carbocycles. The fraction of sp³-hybridized carbons (Fsp3) is 0.792. The van der Waals surface area contributed by atoms with Gasteiger partial charge in [0.2, 0.25) is 29.6 Å². The quantitative estimate of drug-likeness (QED) is 0.0280. The van der Waals surface area contributed by atoms with Crippen LogP contribution in [0.1, 0.15) is 49.9 Å². The lowest BCUT2D eigenvalue weighted by Gasteiger charge is -2.37. The van der Waals surface area contributed by atoms with Crippen molar-refractivity contribution >= 4 is 29.6 Å². The van der Waals surface area contributed by atoms with Gasteiger partial charge in [0.25, 0.3) is 0 Å². The van der Waals surface area contributed by atoms with Gasteiger partial charge in [-0.3, -0.25) is 14.4 Å². The number of halogens is 6. The zero-order chi connectivity index (χ0) is 63.8. The molecule has 8 atom stereocenters. The van der Waals surface area contributed by atoms with Crippen LogP contribution < -0.4 is 32.3 Å². The van der Waals surface area contributed by atoms with Crippen molar-refractivity contribution in [2.24, 2.45) is 5.73 Å². The minimum Gasteiger partial charge on any atom is -0.388 e. The van der Waals surface area contributed by atoms with E-state index in [1.807, 2.05) is 0 Å². The molecule has 504 valence electrons. The van der Waals surface area contributed by atoms with Crippen LogP contribution in [0.5, 0.6) is 0 Å². The van der Waals surface area contributed by atoms with Crippen LogP contribution in [0.15, 0.2) is 24.5 Å². The highest BCUT2D eigenvalue weighted by Crippen LogP contribution is 2.29. The summed E-state index contributed by atoms with van der Waals surface area (Å²) >= 11 is 0. The highest BCUT2D eigenvalue weighted by Gasteiger charge is 2.41. The number of aromatic nitrogens is 4. The van der Waals surface area contributed by atoms with Crippen LogP contribution in [0.2, 0.25) is 0 Å². The molecule has 2 aromatic rings. The van der Waals surface area contributed by atoms with Crippen LogP contribution in [-0.2, 0) is 83.6 Å². The highest BCUT2D eigenvalue weighted by atomic mass is 19.4. The van der Waals surface area contributed by atoms with E-state index in [-0.39, 0.29) is 201 Å². The summed E-state index contributed by atoms with van der Waals surface area (Å²) in [5.74, 6) is -1.45. The van der Waals surface area contributed by atoms with Crippen LogP contribution in [0.4, 0.5) is 38.2 Å². The number of aliphatic hydroxyl groups is 4. The van der Waals surface area contributed by atoms with Gasteiger partial charge in [-0.2, -0.15) is 26.3 Å². The molecule has 2 aromatic heterocycles. The molecule has 0 bridgehead atoms. The molecule has 2 saturated heterocycles. The number of nitrogens with two attached hydrogens (primary N) is 1. The van der Waals surface area contributed by atoms with Gasteiger partial charge in [-0.15, -0.1) is 0 Å². The molecule has 2 aliphatic heterocycles. The smallest absolute Gasteiger partial charge is 0.388 e. The number of aliphatic hydroxyl groups excluding tert-OH is 4. The molecule has 0 aliphatic carbocycles. The van der Waals surface area contributed by atoms with Crippen molar-refractivity contribution in [2.75, 3.05) is 176 Å². The van der Waals surface area contributed by atoms with Crippen molar-refractivity contribution in [3.05, 3.63) is 35.9 Å². The number of carbonyl (C=O) groups excluding carboxylic acids is 3. The lowest BCUT2D eigenvalue weighted by molar-refractivity contribution is -0.161. The minimum absolute atomic E-state index is 0.0607. The summed E-state index contributed by atoms with van der Waals surface area (Å²) in [6, 6.07) is -1.03. The maximum Gasteiger partial charge on any atom is 0.433 e. The summed E-state index contributed by atoms with van der Waals surface area (Å²) in [5, 5.41) is 55.4. The number of amides is 3. The highest BCUT2D eigenvalue weighted by molar-refractivity contribution is 5.76. The SMILES string of the molecule is NCCCCCC(=O)NC(COCCC(=O)NCCOCCOCCOCCOC[C@H]1OC[C@H](Nc2nccc(C(F)(F)F)n2)[C@@H](O)[C@H]1O)COCCC(=O)NCCOCCOCCOCCOC[C@H]1OC[C@H](Nc2nccc(C(F)(F)F)n2)[C@@H](O)[C@H]1O. The van der Waals surface area contributed by atoms with E-state index in [0.717, 1.165) is 25.2 Å². The lowest BCUT2D eigenvalue weighted by Crippen LogP contribution is -2.57. The number of carbonyl (C=O) groups is 3. The van der Waals surface area contributed by atoms with Crippen molar-refractivity contribution in [3.63, 3.8) is 0 Å². The molecule has 0 spiro atoms. The molecule has 88 heavy (non-hydrogen) atoms. The predicted octanol–water partition coefficient (Wildman–Crippen LogP) is -1.01. The second-order valence-corrected chi connectivity index (χ2v) is 19.8. The first-order chi connectivity index (χ1) is 42.3. The number of nitrogens with zero attached hydrogens (tertiary/aromatic N) is 4. The summed E-state index contributed by atoms with van der Waals surface area (Å²) in [7, 11) is 0. The number of rotatable bonds is 48. The zero-order valence-corrected chi connectivity index (χ0v) is 49.0. The Hall–Kier alpha value is -4.93. The normalized spacial score (nSPS) is 20.7. The van der Waals surface area contributed by atoms with Crippen molar-refractivity contribution in [1.82, 2.24) is 35.9 Å². The summed E-state index contributed by atoms with van der Waals surface area (Å²) in [6.07, 6.45) is -12.2. The average Bonchev–Trinajstić information content (AvgIpc) is 2.94. The summed E-state index contributed by atoms with van der Waals surface area (Å²) in [5.41, 5.74) is 3.24. The Bertz CT molecular complexity index is 2080. The van der Waals surface area contributed by atoms with Gasteiger partial charge in [-0.25, -0.2) is 19.9 Å². The van der Waals surface area contributed by atoms with Crippen LogP contribution >= 0.6 is 0 Å². The summed E-state index contributed by atoms with van der Waals surface area (Å²) < 4.78 is 144. The first kappa shape index (κ1) is 75.5. The molecule has 35 heteroatoms. The fourth-order valence-corrected chi connectivity index (χ4v) is 8.06. The monoisotopic (exact) mass is 1280 g/mol. The van der Waals surface area contributed by atoms with E-state index in [0.29, 0.717) is 31.5 Å². The molecular weight excluding hydrogens is 1190 g/mol. The van der Waals surface area contributed by atoms with E-state index in [4.69, 9.17) is 62.6 Å². The van der Waals surface area contributed by atoms with Crippen molar-refractivity contribution in [3.8, 4) is 0 Å². The number of anilines is 2. The number of unbranched alkanes of at least 4 members (excludes halogenated alkanes) is 2. The standard InChI is InChI=1S/C53H86F6N10O19/c54-52(55,56)41-5-10-63-50(68-41)66-37-32-87-39(48(75)46(37)73)34-85-28-26-81-24-22-79-20-18-77-16-12-61-43(70)7-14-83-30-36(65-45(72)4-2-1-3-9-60)31-84-15-8-44(71)62-13-17-78-19-21-80-23-25-82-27-29-86-35-40-49(76)47(74)38(33-88-40)67-51-64-11-6-42(69-51)53(57,58)59/h5-6,10-11,36-40,46-49,73-76H,1-4,7-9,12-35,60H2,(H,61,70)(H,62,71)(H,65,72)(H,63,66,68)(H,64,67,69)/t37-,38-,39+,40+,46+,47+,48-,49-/m0/s1. The van der Waals surface area contributed by atoms with Gasteiger partial charge >= 0.3 is 12.4 Å². The molecule has 29 nitrogen and oxygen atoms in total. The first-order valence-electron chi connectivity index (χ1n) is 28.9. The number of hydrogen-bond donors (Lipinski definition) is 10. The van der Waals surface area contributed by atoms with Gasteiger partial charge in [0.1, 0.15) is 48.0 Å². The molecule has 2 aliphatic rings. The Balaban J connectivity index is 0.912. The van der Waals surface area contributed by atoms with Gasteiger partial charge in [0.05, 0.1) is 163 Å². The second kappa shape index (κ2) is 43.7. The van der Waals surface area contributed by atoms with Gasteiger partial charge in [-0.1, -0.05) is 6.42 Å². The third-order valence-electron chi connectivity index (χ3n) is 12.8. The van der Waals surface area contributed by atoms with Crippen LogP contribution in [0, 0.1) is 0 Å². The average molecular weight is 1280 g/mol. The molecule has 0 radical (unpaired) electrons. The molecule has 4 rings (SSSR count). The van der Waals surface area contributed by atoms with Crippen LogP contribution in [-0.4, -0.2) is 278 Å².